The number of hydrogen-bond acceptors (Lipinski definition) is 2. The van der Waals surface area contributed by atoms with E-state index in [1.165, 1.54) is 0 Å². The lowest BCUT2D eigenvalue weighted by Gasteiger charge is -1.99. The summed E-state index contributed by atoms with van der Waals surface area (Å²) in [5.74, 6) is 0.588. The minimum absolute atomic E-state index is 0.0669. The topological polar surface area (TPSA) is 45.8 Å². The highest BCUT2D eigenvalue weighted by atomic mass is 16.1. The molecule has 0 bridgehead atoms. The summed E-state index contributed by atoms with van der Waals surface area (Å²) in [5.41, 5.74) is 2.00. The van der Waals surface area contributed by atoms with Crippen LogP contribution in [0.5, 0.6) is 0 Å². The van der Waals surface area contributed by atoms with E-state index < -0.39 is 0 Å². The number of aromatic amines is 1. The number of carbonyl (C=O) groups excluding carboxylic acids is 1. The molecule has 1 aromatic heterocycles. The highest BCUT2D eigenvalue weighted by Crippen LogP contribution is 2.15. The highest BCUT2D eigenvalue weighted by molar-refractivity contribution is 6.09. The van der Waals surface area contributed by atoms with Gasteiger partial charge in [-0.15, -0.1) is 0 Å². The zero-order valence-corrected chi connectivity index (χ0v) is 12.2. The van der Waals surface area contributed by atoms with Crippen molar-refractivity contribution in [2.24, 2.45) is 0 Å². The minimum atomic E-state index is -0.0669. The number of nitrogens with one attached hydrogen (secondary N) is 1. The van der Waals surface area contributed by atoms with Crippen LogP contribution in [0.25, 0.3) is 5.57 Å². The Morgan fingerprint density at radius 3 is 2.50 bits per heavy atom. The molecule has 3 nitrogen and oxygen atoms in total. The number of imidazole rings is 1. The Hall–Kier alpha value is -2.42. The first kappa shape index (κ1) is 15.6. The molecule has 0 saturated heterocycles. The quantitative estimate of drug-likeness (QED) is 0.476. The van der Waals surface area contributed by atoms with Crippen molar-refractivity contribution >= 4 is 11.4 Å². The first-order valence-electron chi connectivity index (χ1n) is 6.52. The Kier molecular flexibility index (Phi) is 6.17. The van der Waals surface area contributed by atoms with Crippen molar-refractivity contribution in [3.05, 3.63) is 72.4 Å². The molecule has 1 heterocycles. The Labute approximate surface area is 120 Å². The lowest BCUT2D eigenvalue weighted by molar-refractivity contribution is 0.103. The van der Waals surface area contributed by atoms with E-state index in [0.717, 1.165) is 5.57 Å². The largest absolute Gasteiger partial charge is 0.335 e. The van der Waals surface area contributed by atoms with Crippen LogP contribution in [-0.2, 0) is 0 Å². The van der Waals surface area contributed by atoms with Gasteiger partial charge in [0.2, 0.25) is 5.78 Å². The summed E-state index contributed by atoms with van der Waals surface area (Å²) >= 11 is 0. The molecule has 104 valence electrons. The van der Waals surface area contributed by atoms with Crippen LogP contribution >= 0.6 is 0 Å². The number of aromatic nitrogens is 2. The van der Waals surface area contributed by atoms with Crippen molar-refractivity contribution in [3.8, 4) is 0 Å². The van der Waals surface area contributed by atoms with Crippen LogP contribution in [0.1, 0.15) is 37.1 Å². The third kappa shape index (κ3) is 3.79. The maximum absolute atomic E-state index is 12.3. The van der Waals surface area contributed by atoms with Crippen molar-refractivity contribution in [2.75, 3.05) is 0 Å². The Morgan fingerprint density at radius 1 is 1.25 bits per heavy atom. The number of Topliss-reactive ketones (excluding diaryl/α,β-unsaturated/α-hetero) is 1. The molecule has 0 aromatic carbocycles. The van der Waals surface area contributed by atoms with Gasteiger partial charge in [-0.2, -0.15) is 0 Å². The van der Waals surface area contributed by atoms with Crippen LogP contribution < -0.4 is 0 Å². The molecule has 0 aliphatic heterocycles. The van der Waals surface area contributed by atoms with Gasteiger partial charge in [-0.1, -0.05) is 49.1 Å². The SMILES string of the molecule is C=C/C=C(\C=C/C)c1ncc(C(=O)C(/C=C\C)=C/C)[nH]1. The average molecular weight is 268 g/mol. The van der Waals surface area contributed by atoms with Gasteiger partial charge in [0.25, 0.3) is 0 Å². The Bertz CT molecular complexity index is 598. The van der Waals surface area contributed by atoms with Crippen molar-refractivity contribution in [1.29, 1.82) is 0 Å². The molecule has 0 fully saturated rings. The molecule has 0 atom stereocenters. The van der Waals surface area contributed by atoms with E-state index in [4.69, 9.17) is 0 Å². The van der Waals surface area contributed by atoms with Crippen molar-refractivity contribution < 1.29 is 4.79 Å². The molecule has 0 spiro atoms. The van der Waals surface area contributed by atoms with Gasteiger partial charge in [-0.3, -0.25) is 4.79 Å². The molecule has 3 heteroatoms. The summed E-state index contributed by atoms with van der Waals surface area (Å²) < 4.78 is 0. The van der Waals surface area contributed by atoms with Gasteiger partial charge in [-0.25, -0.2) is 4.98 Å². The Balaban J connectivity index is 3.11. The van der Waals surface area contributed by atoms with E-state index in [1.54, 1.807) is 24.4 Å². The smallest absolute Gasteiger partial charge is 0.210 e. The number of rotatable bonds is 6. The number of hydrogen-bond donors (Lipinski definition) is 1. The number of ketones is 1. The van der Waals surface area contributed by atoms with E-state index in [0.29, 0.717) is 17.1 Å². The normalized spacial score (nSPS) is 13.3. The van der Waals surface area contributed by atoms with E-state index in [9.17, 15) is 4.79 Å². The number of allylic oxidation sites excluding steroid dienone is 9. The van der Waals surface area contributed by atoms with Crippen LogP contribution in [0.2, 0.25) is 0 Å². The summed E-state index contributed by atoms with van der Waals surface area (Å²) in [7, 11) is 0. The van der Waals surface area contributed by atoms with E-state index in [-0.39, 0.29) is 5.78 Å². The second-order valence-electron chi connectivity index (χ2n) is 4.08. The van der Waals surface area contributed by atoms with E-state index >= 15 is 0 Å². The lowest BCUT2D eigenvalue weighted by Crippen LogP contribution is -2.02. The second-order valence-corrected chi connectivity index (χ2v) is 4.08. The molecule has 1 aromatic rings. The van der Waals surface area contributed by atoms with Crippen LogP contribution in [0.3, 0.4) is 0 Å². The van der Waals surface area contributed by atoms with Gasteiger partial charge >= 0.3 is 0 Å². The second kappa shape index (κ2) is 7.89. The minimum Gasteiger partial charge on any atom is -0.335 e. The van der Waals surface area contributed by atoms with Crippen LogP contribution in [-0.4, -0.2) is 15.8 Å². The fourth-order valence-electron chi connectivity index (χ4n) is 1.74. The fraction of sp³-hybridized carbons (Fsp3) is 0.176. The third-order valence-corrected chi connectivity index (χ3v) is 2.66. The summed E-state index contributed by atoms with van der Waals surface area (Å²) in [4.78, 5) is 19.6. The van der Waals surface area contributed by atoms with Gasteiger partial charge in [-0.05, 0) is 20.8 Å². The summed E-state index contributed by atoms with van der Waals surface area (Å²) in [5, 5.41) is 0. The van der Waals surface area contributed by atoms with Crippen molar-refractivity contribution in [2.45, 2.75) is 20.8 Å². The highest BCUT2D eigenvalue weighted by Gasteiger charge is 2.13. The first-order valence-corrected chi connectivity index (χ1v) is 6.52. The number of carbonyl (C=O) groups is 1. The molecule has 0 unspecified atom stereocenters. The maximum atomic E-state index is 12.3. The zero-order valence-electron chi connectivity index (χ0n) is 12.2. The van der Waals surface area contributed by atoms with Gasteiger partial charge in [0.1, 0.15) is 11.5 Å². The molecule has 0 amide bonds. The van der Waals surface area contributed by atoms with Crippen molar-refractivity contribution in [1.82, 2.24) is 9.97 Å². The molecule has 0 aliphatic carbocycles. The average Bonchev–Trinajstić information content (AvgIpc) is 2.93. The fourth-order valence-corrected chi connectivity index (χ4v) is 1.74. The van der Waals surface area contributed by atoms with Gasteiger partial charge in [0.05, 0.1) is 6.20 Å². The summed E-state index contributed by atoms with van der Waals surface area (Å²) in [6.45, 7) is 9.33. The monoisotopic (exact) mass is 268 g/mol. The van der Waals surface area contributed by atoms with E-state index in [1.807, 2.05) is 45.1 Å². The first-order chi connectivity index (χ1) is 9.67. The van der Waals surface area contributed by atoms with E-state index in [2.05, 4.69) is 16.5 Å². The molecule has 1 N–H and O–H groups in total. The third-order valence-electron chi connectivity index (χ3n) is 2.66. The van der Waals surface area contributed by atoms with Crippen LogP contribution in [0.4, 0.5) is 0 Å². The molecule has 0 saturated carbocycles. The van der Waals surface area contributed by atoms with Crippen LogP contribution in [0.15, 0.2) is 60.9 Å². The molecule has 1 rings (SSSR count). The Morgan fingerprint density at radius 2 is 1.95 bits per heavy atom. The van der Waals surface area contributed by atoms with Crippen LogP contribution in [0, 0.1) is 0 Å². The van der Waals surface area contributed by atoms with Crippen molar-refractivity contribution in [3.63, 3.8) is 0 Å². The lowest BCUT2D eigenvalue weighted by atomic mass is 10.1. The maximum Gasteiger partial charge on any atom is 0.210 e. The number of H-pyrrole nitrogens is 1. The molecule has 0 aliphatic rings. The summed E-state index contributed by atoms with van der Waals surface area (Å²) in [6, 6.07) is 0. The molecular weight excluding hydrogens is 248 g/mol. The number of nitrogens with zero attached hydrogens (tertiary/aromatic N) is 1. The predicted octanol–water partition coefficient (Wildman–Crippen LogP) is 4.26. The molecular formula is C17H20N2O. The summed E-state index contributed by atoms with van der Waals surface area (Å²) in [6.07, 6.45) is 14.3. The van der Waals surface area contributed by atoms with Gasteiger partial charge < -0.3 is 4.98 Å². The molecule has 20 heavy (non-hydrogen) atoms. The standard InChI is InChI=1S/C17H20N2O/c1-5-9-13(8-4)16(20)15-12-18-17(19-15)14(10-6-2)11-7-3/h5-12H,2H2,1,3-4H3,(H,18,19)/b9-5-,11-7-,13-8+,14-10+. The van der Waals surface area contributed by atoms with Gasteiger partial charge in [0, 0.05) is 11.1 Å². The van der Waals surface area contributed by atoms with Gasteiger partial charge in [0.15, 0.2) is 0 Å². The predicted molar refractivity (Wildman–Crippen MR) is 84.5 cm³/mol. The zero-order chi connectivity index (χ0) is 15.0. The molecule has 0 radical (unpaired) electrons.